The van der Waals surface area contributed by atoms with Crippen molar-refractivity contribution in [1.29, 1.82) is 0 Å². The Hall–Kier alpha value is -1.26. The maximum Gasteiger partial charge on any atom is 0.231 e. The van der Waals surface area contributed by atoms with E-state index in [2.05, 4.69) is 5.32 Å². The Morgan fingerprint density at radius 3 is 2.52 bits per heavy atom. The van der Waals surface area contributed by atoms with Crippen LogP contribution in [0.15, 0.2) is 18.2 Å². The van der Waals surface area contributed by atoms with Crippen molar-refractivity contribution in [2.45, 2.75) is 32.1 Å². The minimum atomic E-state index is -0.412. The maximum atomic E-state index is 12.6. The van der Waals surface area contributed by atoms with Crippen LogP contribution in [0, 0.1) is 5.41 Å². The molecule has 0 aromatic heterocycles. The average Bonchev–Trinajstić information content (AvgIpc) is 2.47. The van der Waals surface area contributed by atoms with Crippen LogP contribution in [0.25, 0.3) is 0 Å². The second-order valence-corrected chi connectivity index (χ2v) is 6.47. The number of anilines is 2. The van der Waals surface area contributed by atoms with Gasteiger partial charge in [0.2, 0.25) is 5.91 Å². The summed E-state index contributed by atoms with van der Waals surface area (Å²) < 4.78 is 0. The first-order valence-electron chi connectivity index (χ1n) is 7.47. The van der Waals surface area contributed by atoms with Crippen LogP contribution in [0.1, 0.15) is 32.1 Å². The number of hydrogen-bond acceptors (Lipinski definition) is 3. The molecule has 0 unspecified atom stereocenters. The Bertz CT molecular complexity index is 510. The van der Waals surface area contributed by atoms with Crippen molar-refractivity contribution >= 4 is 28.9 Å². The summed E-state index contributed by atoms with van der Waals surface area (Å²) in [6, 6.07) is 5.59. The van der Waals surface area contributed by atoms with Gasteiger partial charge in [-0.05, 0) is 31.0 Å². The van der Waals surface area contributed by atoms with E-state index >= 15 is 0 Å². The third kappa shape index (κ3) is 3.50. The van der Waals surface area contributed by atoms with Gasteiger partial charge in [0.05, 0.1) is 16.1 Å². The molecule has 4 nitrogen and oxygen atoms in total. The molecular weight excluding hydrogens is 286 g/mol. The van der Waals surface area contributed by atoms with Crippen LogP contribution >= 0.6 is 11.6 Å². The number of carbonyl (C=O) groups excluding carboxylic acids is 1. The third-order valence-corrected chi connectivity index (χ3v) is 4.67. The molecule has 21 heavy (non-hydrogen) atoms. The lowest BCUT2D eigenvalue weighted by atomic mass is 9.73. The summed E-state index contributed by atoms with van der Waals surface area (Å²) >= 11 is 6.24. The largest absolute Gasteiger partial charge is 0.376 e. The highest BCUT2D eigenvalue weighted by Crippen LogP contribution is 2.37. The molecule has 1 aromatic rings. The lowest BCUT2D eigenvalue weighted by molar-refractivity contribution is -0.126. The van der Waals surface area contributed by atoms with Crippen LogP contribution in [0.4, 0.5) is 11.4 Å². The summed E-state index contributed by atoms with van der Waals surface area (Å²) in [6.07, 6.45) is 5.09. The van der Waals surface area contributed by atoms with Gasteiger partial charge in [-0.2, -0.15) is 0 Å². The average molecular weight is 310 g/mol. The van der Waals surface area contributed by atoms with Gasteiger partial charge in [-0.1, -0.05) is 30.9 Å². The summed E-state index contributed by atoms with van der Waals surface area (Å²) in [7, 11) is 3.87. The molecule has 2 rings (SSSR count). The van der Waals surface area contributed by atoms with Gasteiger partial charge in [0, 0.05) is 26.3 Å². The van der Waals surface area contributed by atoms with E-state index in [0.29, 0.717) is 11.6 Å². The zero-order valence-corrected chi connectivity index (χ0v) is 13.5. The zero-order valence-electron chi connectivity index (χ0n) is 12.8. The molecule has 0 bridgehead atoms. The number of nitrogens with zero attached hydrogens (tertiary/aromatic N) is 1. The van der Waals surface area contributed by atoms with Crippen LogP contribution < -0.4 is 16.0 Å². The fraction of sp³-hybridized carbons (Fsp3) is 0.562. The van der Waals surface area contributed by atoms with Crippen LogP contribution in [0.3, 0.4) is 0 Å². The summed E-state index contributed by atoms with van der Waals surface area (Å²) in [5, 5.41) is 3.62. The van der Waals surface area contributed by atoms with Gasteiger partial charge >= 0.3 is 0 Å². The van der Waals surface area contributed by atoms with Crippen molar-refractivity contribution in [1.82, 2.24) is 0 Å². The highest BCUT2D eigenvalue weighted by molar-refractivity contribution is 6.33. The van der Waals surface area contributed by atoms with Crippen molar-refractivity contribution in [2.24, 2.45) is 11.1 Å². The molecule has 0 aliphatic heterocycles. The predicted octanol–water partition coefficient (Wildman–Crippen LogP) is 3.25. The van der Waals surface area contributed by atoms with Crippen LogP contribution in [0.2, 0.25) is 5.02 Å². The van der Waals surface area contributed by atoms with E-state index in [0.717, 1.165) is 37.1 Å². The van der Waals surface area contributed by atoms with E-state index in [9.17, 15) is 4.79 Å². The lowest BCUT2D eigenvalue weighted by Crippen LogP contribution is -2.43. The summed E-state index contributed by atoms with van der Waals surface area (Å²) in [4.78, 5) is 14.5. The quantitative estimate of drug-likeness (QED) is 0.897. The molecule has 0 saturated heterocycles. The minimum Gasteiger partial charge on any atom is -0.376 e. The maximum absolute atomic E-state index is 12.6. The first-order valence-corrected chi connectivity index (χ1v) is 7.85. The Balaban J connectivity index is 2.13. The summed E-state index contributed by atoms with van der Waals surface area (Å²) in [6.45, 7) is 0.405. The van der Waals surface area contributed by atoms with Gasteiger partial charge in [-0.3, -0.25) is 4.79 Å². The number of carbonyl (C=O) groups is 1. The number of hydrogen-bond donors (Lipinski definition) is 2. The van der Waals surface area contributed by atoms with Crippen molar-refractivity contribution in [2.75, 3.05) is 30.9 Å². The van der Waals surface area contributed by atoms with E-state index < -0.39 is 5.41 Å². The highest BCUT2D eigenvalue weighted by atomic mass is 35.5. The van der Waals surface area contributed by atoms with Gasteiger partial charge < -0.3 is 16.0 Å². The number of nitrogens with two attached hydrogens (primary N) is 1. The molecule has 1 aliphatic carbocycles. The monoisotopic (exact) mass is 309 g/mol. The lowest BCUT2D eigenvalue weighted by Gasteiger charge is -2.34. The van der Waals surface area contributed by atoms with Crippen molar-refractivity contribution in [3.05, 3.63) is 23.2 Å². The standard InChI is InChI=1S/C16H24ClN3O/c1-20(2)14-7-6-12(10-13(14)17)19-15(21)16(11-18)8-4-3-5-9-16/h6-7,10H,3-5,8-9,11,18H2,1-2H3,(H,19,21). The topological polar surface area (TPSA) is 58.4 Å². The fourth-order valence-electron chi connectivity index (χ4n) is 2.96. The van der Waals surface area contributed by atoms with Gasteiger partial charge in [-0.15, -0.1) is 0 Å². The second-order valence-electron chi connectivity index (χ2n) is 6.06. The summed E-state index contributed by atoms with van der Waals surface area (Å²) in [5.74, 6) is 0.0263. The molecule has 1 aliphatic rings. The molecule has 0 atom stereocenters. The molecule has 0 spiro atoms. The van der Waals surface area contributed by atoms with Gasteiger partial charge in [-0.25, -0.2) is 0 Å². The molecule has 1 aromatic carbocycles. The van der Waals surface area contributed by atoms with Crippen LogP contribution in [-0.4, -0.2) is 26.5 Å². The molecule has 1 amide bonds. The van der Waals surface area contributed by atoms with Crippen molar-refractivity contribution in [3.63, 3.8) is 0 Å². The SMILES string of the molecule is CN(C)c1ccc(NC(=O)C2(CN)CCCCC2)cc1Cl. The molecule has 116 valence electrons. The summed E-state index contributed by atoms with van der Waals surface area (Å²) in [5.41, 5.74) is 7.14. The number of halogens is 1. The molecule has 0 radical (unpaired) electrons. The Morgan fingerprint density at radius 2 is 2.00 bits per heavy atom. The van der Waals surface area contributed by atoms with Gasteiger partial charge in [0.15, 0.2) is 0 Å². The third-order valence-electron chi connectivity index (χ3n) is 4.37. The fourth-order valence-corrected chi connectivity index (χ4v) is 3.31. The van der Waals surface area contributed by atoms with Gasteiger partial charge in [0.1, 0.15) is 0 Å². The van der Waals surface area contributed by atoms with E-state index in [-0.39, 0.29) is 5.91 Å². The molecular formula is C16H24ClN3O. The number of benzene rings is 1. The highest BCUT2D eigenvalue weighted by Gasteiger charge is 2.38. The Kier molecular flexibility index (Phi) is 5.12. The number of rotatable bonds is 4. The first-order chi connectivity index (χ1) is 9.98. The normalized spacial score (nSPS) is 17.3. The minimum absolute atomic E-state index is 0.0263. The zero-order chi connectivity index (χ0) is 15.5. The second kappa shape index (κ2) is 6.67. The molecule has 5 heteroatoms. The van der Waals surface area contributed by atoms with Crippen LogP contribution in [-0.2, 0) is 4.79 Å². The van der Waals surface area contributed by atoms with Gasteiger partial charge in [0.25, 0.3) is 0 Å². The smallest absolute Gasteiger partial charge is 0.231 e. The van der Waals surface area contributed by atoms with E-state index in [4.69, 9.17) is 17.3 Å². The molecule has 3 N–H and O–H groups in total. The Labute approximate surface area is 131 Å². The number of nitrogens with one attached hydrogen (secondary N) is 1. The molecule has 1 fully saturated rings. The van der Waals surface area contributed by atoms with E-state index in [1.54, 1.807) is 6.07 Å². The predicted molar refractivity (Wildman–Crippen MR) is 89.0 cm³/mol. The first kappa shape index (κ1) is 16.1. The van der Waals surface area contributed by atoms with E-state index in [1.807, 2.05) is 31.1 Å². The van der Waals surface area contributed by atoms with Crippen molar-refractivity contribution in [3.8, 4) is 0 Å². The molecule has 0 heterocycles. The number of amides is 1. The van der Waals surface area contributed by atoms with Crippen LogP contribution in [0.5, 0.6) is 0 Å². The molecule has 1 saturated carbocycles. The van der Waals surface area contributed by atoms with E-state index in [1.165, 1.54) is 6.42 Å². The Morgan fingerprint density at radius 1 is 1.33 bits per heavy atom. The van der Waals surface area contributed by atoms with Crippen molar-refractivity contribution < 1.29 is 4.79 Å².